The molecule has 2 aromatic carbocycles. The van der Waals surface area contributed by atoms with Gasteiger partial charge in [-0.15, -0.1) is 0 Å². The van der Waals surface area contributed by atoms with Gasteiger partial charge in [-0.1, -0.05) is 12.6 Å². The molecule has 1 amide bonds. The number of piperazine rings is 1. The summed E-state index contributed by atoms with van der Waals surface area (Å²) in [4.78, 5) is 25.0. The Morgan fingerprint density at radius 2 is 1.91 bits per heavy atom. The molecule has 5 rings (SSSR count). The maximum Gasteiger partial charge on any atom is 0.247 e. The van der Waals surface area contributed by atoms with Crippen molar-refractivity contribution in [1.29, 1.82) is 0 Å². The second-order valence-electron chi connectivity index (χ2n) is 8.35. The molecule has 2 aromatic heterocycles. The number of hydrogen-bond donors (Lipinski definition) is 2. The average Bonchev–Trinajstić information content (AvgIpc) is 3.29. The number of halogens is 1. The zero-order valence-electron chi connectivity index (χ0n) is 19.3. The number of hydrogen-bond acceptors (Lipinski definition) is 7. The van der Waals surface area contributed by atoms with Crippen LogP contribution < -0.4 is 15.5 Å². The van der Waals surface area contributed by atoms with Crippen LogP contribution in [0.4, 0.5) is 27.4 Å². The molecule has 1 aliphatic rings. The third-order valence-electron chi connectivity index (χ3n) is 5.92. The van der Waals surface area contributed by atoms with Crippen LogP contribution in [0.3, 0.4) is 0 Å². The van der Waals surface area contributed by atoms with Crippen LogP contribution >= 0.6 is 0 Å². The van der Waals surface area contributed by atoms with Crippen molar-refractivity contribution in [3.05, 3.63) is 73.3 Å². The molecule has 0 atom stereocenters. The van der Waals surface area contributed by atoms with Crippen molar-refractivity contribution in [2.75, 3.05) is 48.8 Å². The van der Waals surface area contributed by atoms with E-state index >= 15 is 0 Å². The first kappa shape index (κ1) is 22.5. The first-order chi connectivity index (χ1) is 17.0. The first-order valence-corrected chi connectivity index (χ1v) is 11.2. The molecular weight excluding hydrogens is 447 g/mol. The average molecular weight is 473 g/mol. The fourth-order valence-electron chi connectivity index (χ4n) is 3.96. The molecule has 0 saturated carbocycles. The summed E-state index contributed by atoms with van der Waals surface area (Å²) >= 11 is 0. The highest BCUT2D eigenvalue weighted by molar-refractivity contribution is 5.99. The van der Waals surface area contributed by atoms with Crippen LogP contribution in [0, 0.1) is 5.82 Å². The van der Waals surface area contributed by atoms with E-state index in [1.165, 1.54) is 6.08 Å². The van der Waals surface area contributed by atoms with Crippen molar-refractivity contribution in [3.63, 3.8) is 0 Å². The largest absolute Gasteiger partial charge is 0.369 e. The number of carbonyl (C=O) groups is 1. The van der Waals surface area contributed by atoms with Crippen molar-refractivity contribution in [1.82, 2.24) is 24.6 Å². The van der Waals surface area contributed by atoms with Gasteiger partial charge >= 0.3 is 0 Å². The molecular formula is C25H25FN8O. The van der Waals surface area contributed by atoms with Gasteiger partial charge in [-0.25, -0.2) is 14.1 Å². The minimum atomic E-state index is -0.371. The van der Waals surface area contributed by atoms with E-state index in [0.717, 1.165) is 37.3 Å². The Bertz CT molecular complexity index is 1390. The predicted molar refractivity (Wildman–Crippen MR) is 135 cm³/mol. The number of rotatable bonds is 6. The maximum absolute atomic E-state index is 14.9. The van der Waals surface area contributed by atoms with Crippen LogP contribution in [0.15, 0.2) is 67.5 Å². The number of amides is 1. The molecule has 35 heavy (non-hydrogen) atoms. The third-order valence-corrected chi connectivity index (χ3v) is 5.92. The quantitative estimate of drug-likeness (QED) is 0.415. The Morgan fingerprint density at radius 1 is 1.09 bits per heavy atom. The van der Waals surface area contributed by atoms with Gasteiger partial charge in [-0.05, 0) is 49.5 Å². The Morgan fingerprint density at radius 3 is 2.69 bits per heavy atom. The zero-order valence-corrected chi connectivity index (χ0v) is 19.3. The van der Waals surface area contributed by atoms with Gasteiger partial charge in [0, 0.05) is 43.8 Å². The van der Waals surface area contributed by atoms with Gasteiger partial charge in [0.25, 0.3) is 0 Å². The second kappa shape index (κ2) is 9.51. The van der Waals surface area contributed by atoms with Crippen LogP contribution in [0.1, 0.15) is 0 Å². The highest BCUT2D eigenvalue weighted by Gasteiger charge is 2.16. The molecule has 0 aliphatic carbocycles. The summed E-state index contributed by atoms with van der Waals surface area (Å²) in [7, 11) is 2.09. The Hall–Kier alpha value is -4.31. The van der Waals surface area contributed by atoms with E-state index in [9.17, 15) is 9.18 Å². The number of likely N-dealkylation sites (N-methyl/N-ethyl adjacent to an activating group) is 1. The lowest BCUT2D eigenvalue weighted by Gasteiger charge is -2.34. The fraction of sp³-hybridized carbons (Fsp3) is 0.200. The van der Waals surface area contributed by atoms with Gasteiger partial charge in [0.05, 0.1) is 23.0 Å². The highest BCUT2D eigenvalue weighted by Crippen LogP contribution is 2.26. The molecule has 3 heterocycles. The summed E-state index contributed by atoms with van der Waals surface area (Å²) in [5, 5.41) is 10.8. The summed E-state index contributed by atoms with van der Waals surface area (Å²) < 4.78 is 16.6. The second-order valence-corrected chi connectivity index (χ2v) is 8.35. The molecule has 1 aliphatic heterocycles. The monoisotopic (exact) mass is 472 g/mol. The topological polar surface area (TPSA) is 91.2 Å². The summed E-state index contributed by atoms with van der Waals surface area (Å²) in [6.45, 7) is 7.10. The van der Waals surface area contributed by atoms with Crippen LogP contribution in [0.2, 0.25) is 0 Å². The molecule has 1 fully saturated rings. The molecule has 2 N–H and O–H groups in total. The maximum atomic E-state index is 14.9. The highest BCUT2D eigenvalue weighted by atomic mass is 19.1. The first-order valence-electron chi connectivity index (χ1n) is 11.2. The van der Waals surface area contributed by atoms with Gasteiger partial charge in [-0.3, -0.25) is 4.79 Å². The Balaban J connectivity index is 1.39. The van der Waals surface area contributed by atoms with Crippen LogP contribution in [0.5, 0.6) is 0 Å². The minimum Gasteiger partial charge on any atom is -0.369 e. The summed E-state index contributed by atoms with van der Waals surface area (Å²) in [5.41, 5.74) is 3.01. The van der Waals surface area contributed by atoms with E-state index in [2.05, 4.69) is 49.1 Å². The third kappa shape index (κ3) is 4.82. The molecule has 9 nitrogen and oxygen atoms in total. The molecule has 1 saturated heterocycles. The van der Waals surface area contributed by atoms with Crippen molar-refractivity contribution >= 4 is 40.0 Å². The van der Waals surface area contributed by atoms with Gasteiger partial charge in [0.2, 0.25) is 11.9 Å². The van der Waals surface area contributed by atoms with Crippen molar-refractivity contribution in [2.45, 2.75) is 0 Å². The van der Waals surface area contributed by atoms with Crippen molar-refractivity contribution in [2.24, 2.45) is 0 Å². The van der Waals surface area contributed by atoms with Crippen molar-refractivity contribution < 1.29 is 9.18 Å². The number of nitrogens with one attached hydrogen (secondary N) is 2. The minimum absolute atomic E-state index is 0.251. The van der Waals surface area contributed by atoms with Crippen LogP contribution in [-0.4, -0.2) is 63.8 Å². The molecule has 4 aromatic rings. The van der Waals surface area contributed by atoms with Gasteiger partial charge < -0.3 is 20.4 Å². The summed E-state index contributed by atoms with van der Waals surface area (Å²) in [6.07, 6.45) is 4.49. The summed E-state index contributed by atoms with van der Waals surface area (Å²) in [6, 6.07) is 12.4. The van der Waals surface area contributed by atoms with Crippen LogP contribution in [-0.2, 0) is 4.79 Å². The van der Waals surface area contributed by atoms with Gasteiger partial charge in [-0.2, -0.15) is 10.1 Å². The fourth-order valence-corrected chi connectivity index (χ4v) is 3.96. The van der Waals surface area contributed by atoms with Crippen LogP contribution in [0.25, 0.3) is 16.7 Å². The van der Waals surface area contributed by atoms with E-state index < -0.39 is 0 Å². The summed E-state index contributed by atoms with van der Waals surface area (Å²) in [5.74, 6) is -0.423. The molecule has 0 radical (unpaired) electrons. The standard InChI is InChI=1S/C25H25FN8O/c1-3-23(35)29-18-5-4-6-20(13-18)34-24-17(16-28-34)15-27-25(31-24)30-22-8-7-19(14-21(22)26)33-11-9-32(2)10-12-33/h3-8,13-16H,1,9-12H2,2H3,(H,29,35)(H,27,30,31). The van der Waals surface area contributed by atoms with E-state index in [4.69, 9.17) is 0 Å². The normalized spacial score (nSPS) is 14.2. The smallest absolute Gasteiger partial charge is 0.247 e. The molecule has 0 spiro atoms. The van der Waals surface area contributed by atoms with E-state index in [1.807, 2.05) is 12.1 Å². The lowest BCUT2D eigenvalue weighted by atomic mass is 10.2. The number of fused-ring (bicyclic) bond motifs is 1. The number of carbonyl (C=O) groups excluding carboxylic acids is 1. The number of aromatic nitrogens is 4. The predicted octanol–water partition coefficient (Wildman–Crippen LogP) is 3.57. The van der Waals surface area contributed by atoms with Gasteiger partial charge in [0.1, 0.15) is 5.82 Å². The van der Waals surface area contributed by atoms with Crippen molar-refractivity contribution in [3.8, 4) is 5.69 Å². The number of benzene rings is 2. The zero-order chi connectivity index (χ0) is 24.4. The molecule has 10 heteroatoms. The lowest BCUT2D eigenvalue weighted by molar-refractivity contribution is -0.111. The van der Waals surface area contributed by atoms with E-state index in [0.29, 0.717) is 22.7 Å². The van der Waals surface area contributed by atoms with Gasteiger partial charge in [0.15, 0.2) is 5.65 Å². The van der Waals surface area contributed by atoms with E-state index in [-0.39, 0.29) is 17.7 Å². The molecule has 0 unspecified atom stereocenters. The Labute approximate surface area is 201 Å². The molecule has 178 valence electrons. The molecule has 0 bridgehead atoms. The SMILES string of the molecule is C=CC(=O)Nc1cccc(-n2ncc3cnc(Nc4ccc(N5CCN(C)CC5)cc4F)nc32)c1. The number of anilines is 4. The lowest BCUT2D eigenvalue weighted by Crippen LogP contribution is -2.44. The van der Waals surface area contributed by atoms with E-state index in [1.54, 1.807) is 47.4 Å². The number of nitrogens with zero attached hydrogens (tertiary/aromatic N) is 6. The Kier molecular flexibility index (Phi) is 6.11.